The molecule has 0 aliphatic carbocycles. The zero-order valence-electron chi connectivity index (χ0n) is 11.0. The lowest BCUT2D eigenvalue weighted by atomic mass is 9.98. The number of amides is 1. The predicted octanol–water partition coefficient (Wildman–Crippen LogP) is -2.71. The second kappa shape index (κ2) is 7.13. The molecular weight excluding hydrogens is 256 g/mol. The molecular formula is C11H22N2O6. The summed E-state index contributed by atoms with van der Waals surface area (Å²) in [6.45, 7) is 3.90. The van der Waals surface area contributed by atoms with Crippen molar-refractivity contribution in [1.29, 1.82) is 0 Å². The zero-order chi connectivity index (χ0) is 14.6. The van der Waals surface area contributed by atoms with Crippen LogP contribution in [0.1, 0.15) is 13.8 Å². The summed E-state index contributed by atoms with van der Waals surface area (Å²) >= 11 is 0. The van der Waals surface area contributed by atoms with E-state index in [0.717, 1.165) is 0 Å². The van der Waals surface area contributed by atoms with Gasteiger partial charge in [-0.15, -0.1) is 0 Å². The molecule has 1 aliphatic rings. The summed E-state index contributed by atoms with van der Waals surface area (Å²) in [6.07, 6.45) is -7.22. The Morgan fingerprint density at radius 2 is 1.95 bits per heavy atom. The Morgan fingerprint density at radius 1 is 1.32 bits per heavy atom. The number of nitrogens with one attached hydrogen (secondary N) is 1. The average Bonchev–Trinajstić information content (AvgIpc) is 2.36. The Morgan fingerprint density at radius 3 is 2.47 bits per heavy atom. The minimum absolute atomic E-state index is 0.222. The van der Waals surface area contributed by atoms with E-state index in [0.29, 0.717) is 0 Å². The molecule has 0 spiro atoms. The van der Waals surface area contributed by atoms with Gasteiger partial charge < -0.3 is 35.8 Å². The lowest BCUT2D eigenvalue weighted by molar-refractivity contribution is -0.298. The maximum atomic E-state index is 11.8. The fourth-order valence-corrected chi connectivity index (χ4v) is 1.74. The molecule has 0 radical (unpaired) electrons. The van der Waals surface area contributed by atoms with Crippen LogP contribution in [0, 0.1) is 0 Å². The van der Waals surface area contributed by atoms with Gasteiger partial charge >= 0.3 is 0 Å². The molecule has 1 saturated heterocycles. The molecule has 8 nitrogen and oxygen atoms in total. The number of ether oxygens (including phenoxy) is 2. The maximum Gasteiger partial charge on any atom is 0.252 e. The largest absolute Gasteiger partial charge is 0.387 e. The minimum Gasteiger partial charge on any atom is -0.387 e. The van der Waals surface area contributed by atoms with Crippen LogP contribution in [0.2, 0.25) is 0 Å². The number of nitrogens with two attached hydrogens (primary N) is 1. The third kappa shape index (κ3) is 4.10. The number of rotatable bonds is 5. The van der Waals surface area contributed by atoms with Gasteiger partial charge in [-0.3, -0.25) is 4.79 Å². The highest BCUT2D eigenvalue weighted by molar-refractivity contribution is 5.81. The summed E-state index contributed by atoms with van der Waals surface area (Å²) in [5, 5.41) is 31.6. The van der Waals surface area contributed by atoms with E-state index in [2.05, 4.69) is 5.32 Å². The minimum atomic E-state index is -1.53. The van der Waals surface area contributed by atoms with Crippen molar-refractivity contribution in [3.8, 4) is 0 Å². The smallest absolute Gasteiger partial charge is 0.252 e. The quantitative estimate of drug-likeness (QED) is 0.369. The van der Waals surface area contributed by atoms with Crippen LogP contribution in [0.5, 0.6) is 0 Å². The topological polar surface area (TPSA) is 134 Å². The van der Waals surface area contributed by atoms with Gasteiger partial charge in [0.15, 0.2) is 12.4 Å². The van der Waals surface area contributed by atoms with E-state index in [1.807, 2.05) is 0 Å². The van der Waals surface area contributed by atoms with Crippen molar-refractivity contribution in [2.45, 2.75) is 50.7 Å². The summed E-state index contributed by atoms with van der Waals surface area (Å²) in [4.78, 5) is 11.8. The van der Waals surface area contributed by atoms with Gasteiger partial charge in [-0.05, 0) is 13.8 Å². The molecule has 19 heavy (non-hydrogen) atoms. The first-order valence-corrected chi connectivity index (χ1v) is 6.21. The first-order chi connectivity index (χ1) is 8.88. The third-order valence-electron chi connectivity index (χ3n) is 2.68. The van der Waals surface area contributed by atoms with Gasteiger partial charge in [-0.2, -0.15) is 0 Å². The highest BCUT2D eigenvalue weighted by Gasteiger charge is 2.47. The molecule has 0 unspecified atom stereocenters. The van der Waals surface area contributed by atoms with Crippen molar-refractivity contribution in [1.82, 2.24) is 5.32 Å². The fraction of sp³-hybridized carbons (Fsp3) is 0.909. The first kappa shape index (κ1) is 16.3. The number of carbonyl (C=O) groups excluding carboxylic acids is 1. The van der Waals surface area contributed by atoms with Gasteiger partial charge in [0.2, 0.25) is 0 Å². The van der Waals surface area contributed by atoms with Gasteiger partial charge in [0.1, 0.15) is 18.3 Å². The van der Waals surface area contributed by atoms with Crippen LogP contribution >= 0.6 is 0 Å². The first-order valence-electron chi connectivity index (χ1n) is 6.21. The van der Waals surface area contributed by atoms with Gasteiger partial charge in [-0.1, -0.05) is 0 Å². The molecule has 8 heteroatoms. The van der Waals surface area contributed by atoms with Gasteiger partial charge in [-0.25, -0.2) is 0 Å². The summed E-state index contributed by atoms with van der Waals surface area (Å²) in [5.74, 6) is -0.610. The van der Waals surface area contributed by atoms with Crippen molar-refractivity contribution >= 4 is 5.91 Å². The monoisotopic (exact) mass is 278 g/mol. The highest BCUT2D eigenvalue weighted by atomic mass is 16.7. The molecule has 0 aromatic carbocycles. The number of hydrogen-bond donors (Lipinski definition) is 5. The number of aliphatic hydroxyl groups excluding tert-OH is 3. The van der Waals surface area contributed by atoms with E-state index in [9.17, 15) is 20.1 Å². The molecule has 5 atom stereocenters. The second-order valence-corrected chi connectivity index (χ2v) is 4.66. The van der Waals surface area contributed by atoms with Crippen LogP contribution in [-0.4, -0.2) is 71.1 Å². The Bertz CT molecular complexity index is 301. The molecule has 0 aromatic rings. The Hall–Kier alpha value is -0.770. The van der Waals surface area contributed by atoms with E-state index >= 15 is 0 Å². The fourth-order valence-electron chi connectivity index (χ4n) is 1.74. The summed E-state index contributed by atoms with van der Waals surface area (Å²) in [5.41, 5.74) is 5.25. The molecule has 1 heterocycles. The van der Waals surface area contributed by atoms with Crippen LogP contribution in [0.4, 0.5) is 0 Å². The van der Waals surface area contributed by atoms with E-state index < -0.39 is 36.6 Å². The van der Waals surface area contributed by atoms with E-state index in [4.69, 9.17) is 15.2 Å². The van der Waals surface area contributed by atoms with Crippen molar-refractivity contribution in [2.24, 2.45) is 5.73 Å². The maximum absolute atomic E-state index is 11.8. The molecule has 112 valence electrons. The van der Waals surface area contributed by atoms with Crippen LogP contribution < -0.4 is 11.1 Å². The van der Waals surface area contributed by atoms with Gasteiger partial charge in [0.25, 0.3) is 5.91 Å². The van der Waals surface area contributed by atoms with Crippen molar-refractivity contribution < 1.29 is 29.6 Å². The number of hydrogen-bond acceptors (Lipinski definition) is 7. The van der Waals surface area contributed by atoms with Crippen LogP contribution in [0.25, 0.3) is 0 Å². The lowest BCUT2D eigenvalue weighted by Gasteiger charge is -2.40. The SMILES string of the molecule is CC(C)O[C@@H]1O[C@H](C(=O)NCCN)[C@@H](O)[C@H](O)[C@H]1O. The van der Waals surface area contributed by atoms with Crippen LogP contribution in [-0.2, 0) is 14.3 Å². The Labute approximate surface area is 111 Å². The molecule has 0 saturated carbocycles. The second-order valence-electron chi connectivity index (χ2n) is 4.66. The number of carbonyl (C=O) groups is 1. The van der Waals surface area contributed by atoms with Crippen molar-refractivity contribution in [3.63, 3.8) is 0 Å². The highest BCUT2D eigenvalue weighted by Crippen LogP contribution is 2.23. The summed E-state index contributed by atoms with van der Waals surface area (Å²) in [6, 6.07) is 0. The number of aliphatic hydroxyl groups is 3. The molecule has 1 aliphatic heterocycles. The van der Waals surface area contributed by atoms with E-state index in [1.165, 1.54) is 0 Å². The predicted molar refractivity (Wildman–Crippen MR) is 65.0 cm³/mol. The van der Waals surface area contributed by atoms with E-state index in [-0.39, 0.29) is 19.2 Å². The molecule has 1 fully saturated rings. The normalized spacial score (nSPS) is 35.4. The van der Waals surface area contributed by atoms with Crippen LogP contribution in [0.3, 0.4) is 0 Å². The van der Waals surface area contributed by atoms with E-state index in [1.54, 1.807) is 13.8 Å². The molecule has 6 N–H and O–H groups in total. The Balaban J connectivity index is 2.72. The summed E-state index contributed by atoms with van der Waals surface area (Å²) in [7, 11) is 0. The summed E-state index contributed by atoms with van der Waals surface area (Å²) < 4.78 is 10.5. The molecule has 0 bridgehead atoms. The van der Waals surface area contributed by atoms with Crippen molar-refractivity contribution in [3.05, 3.63) is 0 Å². The third-order valence-corrected chi connectivity index (χ3v) is 2.68. The molecule has 1 rings (SSSR count). The van der Waals surface area contributed by atoms with Gasteiger partial charge in [0, 0.05) is 13.1 Å². The molecule has 0 aromatic heterocycles. The average molecular weight is 278 g/mol. The zero-order valence-corrected chi connectivity index (χ0v) is 11.0. The Kier molecular flexibility index (Phi) is 6.11. The van der Waals surface area contributed by atoms with Gasteiger partial charge in [0.05, 0.1) is 6.10 Å². The van der Waals surface area contributed by atoms with Crippen molar-refractivity contribution in [2.75, 3.05) is 13.1 Å². The lowest BCUT2D eigenvalue weighted by Crippen LogP contribution is -2.62. The van der Waals surface area contributed by atoms with Crippen LogP contribution in [0.15, 0.2) is 0 Å². The standard InChI is InChI=1S/C11H22N2O6/c1-5(2)18-11-8(16)6(14)7(15)9(19-11)10(17)13-4-3-12/h5-9,11,14-16H,3-4,12H2,1-2H3,(H,13,17)/t6-,7-,8+,9-,11+/m0/s1. The molecule has 1 amide bonds.